The van der Waals surface area contributed by atoms with Crippen LogP contribution in [-0.4, -0.2) is 36.0 Å². The molecule has 0 spiro atoms. The molecule has 2 aromatic rings. The number of benzene rings is 2. The van der Waals surface area contributed by atoms with Gasteiger partial charge in [-0.1, -0.05) is 78.6 Å². The van der Waals surface area contributed by atoms with Crippen LogP contribution < -0.4 is 0 Å². The first kappa shape index (κ1) is 33.7. The lowest BCUT2D eigenvalue weighted by atomic mass is 9.73. The van der Waals surface area contributed by atoms with Crippen LogP contribution in [0.4, 0.5) is 0 Å². The fraction of sp³-hybridized carbons (Fsp3) is 0.714. The molecule has 0 bridgehead atoms. The predicted octanol–water partition coefficient (Wildman–Crippen LogP) is 10.6. The second-order valence-electron chi connectivity index (χ2n) is 16.4. The molecule has 3 unspecified atom stereocenters. The summed E-state index contributed by atoms with van der Waals surface area (Å²) in [5.74, 6) is 5.31. The Balaban J connectivity index is 0.000000175. The highest BCUT2D eigenvalue weighted by Crippen LogP contribution is 2.45. The summed E-state index contributed by atoms with van der Waals surface area (Å²) in [6.07, 6.45) is 10.8. The Hall–Kier alpha value is -1.64. The number of hydrogen-bond donors (Lipinski definition) is 0. The Morgan fingerprint density at radius 3 is 1.27 bits per heavy atom. The first-order valence-electron chi connectivity index (χ1n) is 18.7. The molecule has 4 aliphatic heterocycles. The zero-order chi connectivity index (χ0) is 31.7. The molecule has 244 valence electrons. The van der Waals surface area contributed by atoms with Gasteiger partial charge in [0.15, 0.2) is 0 Å². The third-order valence-electron chi connectivity index (χ3n) is 12.4. The van der Waals surface area contributed by atoms with Crippen LogP contribution in [0.15, 0.2) is 24.3 Å². The molecular weight excluding hydrogens is 532 g/mol. The van der Waals surface area contributed by atoms with Crippen molar-refractivity contribution in [3.8, 4) is 0 Å². The van der Waals surface area contributed by atoms with Crippen LogP contribution in [0.3, 0.4) is 0 Å². The van der Waals surface area contributed by atoms with E-state index in [9.17, 15) is 0 Å². The number of hydrogen-bond acceptors (Lipinski definition) is 2. The van der Waals surface area contributed by atoms with Gasteiger partial charge >= 0.3 is 0 Å². The lowest BCUT2D eigenvalue weighted by molar-refractivity contribution is 0.0429. The molecule has 2 nitrogen and oxygen atoms in total. The van der Waals surface area contributed by atoms with Gasteiger partial charge in [-0.25, -0.2) is 0 Å². The van der Waals surface area contributed by atoms with Crippen LogP contribution >= 0.6 is 0 Å². The lowest BCUT2D eigenvalue weighted by Crippen LogP contribution is -2.46. The standard InChI is InChI=1S/2C21H33N/c2*1-6-17-12-21-20-11-16(5)15(4)10-18(20)7-8-22(21)13-19(17)9-14(2)3/h2*10-11,14,17,19,21H,6-9,12-13H2,1-5H3/t17-,19-,21-;/m1./s1. The van der Waals surface area contributed by atoms with Gasteiger partial charge < -0.3 is 0 Å². The molecule has 0 aliphatic carbocycles. The molecule has 2 saturated heterocycles. The normalized spacial score (nSPS) is 28.5. The number of fused-ring (bicyclic) bond motifs is 6. The lowest BCUT2D eigenvalue weighted by Gasteiger charge is -2.48. The molecule has 2 fully saturated rings. The van der Waals surface area contributed by atoms with Gasteiger partial charge in [-0.05, 0) is 146 Å². The summed E-state index contributed by atoms with van der Waals surface area (Å²) in [6, 6.07) is 11.3. The third kappa shape index (κ3) is 7.33. The maximum Gasteiger partial charge on any atom is 0.0353 e. The smallest absolute Gasteiger partial charge is 0.0353 e. The van der Waals surface area contributed by atoms with Crippen LogP contribution in [0.25, 0.3) is 0 Å². The van der Waals surface area contributed by atoms with E-state index in [2.05, 4.69) is 103 Å². The molecule has 0 N–H and O–H groups in total. The molecule has 0 aromatic heterocycles. The fourth-order valence-electron chi connectivity index (χ4n) is 9.68. The van der Waals surface area contributed by atoms with Gasteiger partial charge in [0.2, 0.25) is 0 Å². The Morgan fingerprint density at radius 2 is 0.932 bits per heavy atom. The first-order valence-corrected chi connectivity index (χ1v) is 18.7. The molecule has 2 aromatic carbocycles. The van der Waals surface area contributed by atoms with Gasteiger partial charge in [-0.3, -0.25) is 9.80 Å². The van der Waals surface area contributed by atoms with Crippen LogP contribution in [0, 0.1) is 63.2 Å². The largest absolute Gasteiger partial charge is 0.296 e. The van der Waals surface area contributed by atoms with E-state index in [-0.39, 0.29) is 0 Å². The van der Waals surface area contributed by atoms with Gasteiger partial charge in [-0.2, -0.15) is 0 Å². The van der Waals surface area contributed by atoms with Crippen molar-refractivity contribution in [3.05, 3.63) is 68.8 Å². The zero-order valence-electron chi connectivity index (χ0n) is 30.3. The van der Waals surface area contributed by atoms with Crippen LogP contribution in [0.1, 0.15) is 137 Å². The minimum Gasteiger partial charge on any atom is -0.296 e. The molecular formula is C42H66N2. The monoisotopic (exact) mass is 599 g/mol. The highest BCUT2D eigenvalue weighted by atomic mass is 15.2. The van der Waals surface area contributed by atoms with Gasteiger partial charge in [0, 0.05) is 38.3 Å². The Bertz CT molecular complexity index is 1160. The molecule has 44 heavy (non-hydrogen) atoms. The summed E-state index contributed by atoms with van der Waals surface area (Å²) in [7, 11) is 0. The molecule has 4 aliphatic rings. The molecule has 2 heteroatoms. The van der Waals surface area contributed by atoms with Crippen molar-refractivity contribution in [1.29, 1.82) is 0 Å². The van der Waals surface area contributed by atoms with Crippen molar-refractivity contribution >= 4 is 0 Å². The van der Waals surface area contributed by atoms with E-state index in [4.69, 9.17) is 0 Å². The highest BCUT2D eigenvalue weighted by Gasteiger charge is 2.39. The molecule has 0 amide bonds. The Labute approximate surface area is 272 Å². The maximum absolute atomic E-state index is 2.80. The van der Waals surface area contributed by atoms with Crippen LogP contribution in [-0.2, 0) is 12.8 Å². The summed E-state index contributed by atoms with van der Waals surface area (Å²) >= 11 is 0. The number of aryl methyl sites for hydroxylation is 4. The topological polar surface area (TPSA) is 6.48 Å². The minimum absolute atomic E-state index is 0.691. The molecule has 0 radical (unpaired) electrons. The summed E-state index contributed by atoms with van der Waals surface area (Å²) in [4.78, 5) is 5.60. The zero-order valence-corrected chi connectivity index (χ0v) is 30.3. The quantitative estimate of drug-likeness (QED) is 0.326. The van der Waals surface area contributed by atoms with Crippen LogP contribution in [0.2, 0.25) is 0 Å². The average Bonchev–Trinajstić information content (AvgIpc) is 2.97. The van der Waals surface area contributed by atoms with E-state index in [1.807, 2.05) is 0 Å². The maximum atomic E-state index is 2.80. The van der Waals surface area contributed by atoms with E-state index < -0.39 is 0 Å². The van der Waals surface area contributed by atoms with Crippen molar-refractivity contribution < 1.29 is 0 Å². The van der Waals surface area contributed by atoms with Gasteiger partial charge in [-0.15, -0.1) is 0 Å². The van der Waals surface area contributed by atoms with Crippen molar-refractivity contribution in [3.63, 3.8) is 0 Å². The first-order chi connectivity index (χ1) is 21.0. The Morgan fingerprint density at radius 1 is 0.568 bits per heavy atom. The van der Waals surface area contributed by atoms with E-state index in [1.165, 1.54) is 99.8 Å². The second-order valence-corrected chi connectivity index (χ2v) is 16.4. The van der Waals surface area contributed by atoms with E-state index in [1.54, 1.807) is 22.3 Å². The number of nitrogens with zero attached hydrogens (tertiary/aromatic N) is 2. The van der Waals surface area contributed by atoms with E-state index in [0.29, 0.717) is 12.1 Å². The van der Waals surface area contributed by atoms with Gasteiger partial charge in [0.1, 0.15) is 0 Å². The van der Waals surface area contributed by atoms with Gasteiger partial charge in [0.05, 0.1) is 0 Å². The Kier molecular flexibility index (Phi) is 11.0. The fourth-order valence-corrected chi connectivity index (χ4v) is 9.68. The number of rotatable bonds is 6. The highest BCUT2D eigenvalue weighted by molar-refractivity contribution is 5.42. The van der Waals surface area contributed by atoms with Crippen molar-refractivity contribution in [2.24, 2.45) is 35.5 Å². The average molecular weight is 599 g/mol. The van der Waals surface area contributed by atoms with Crippen LogP contribution in [0.5, 0.6) is 0 Å². The SMILES string of the molecule is CCC1CC2c3cc(C)c(C)cc3CCN2CC1CC(C)C.CC[C@@H]1C[C@@H]2c3cc(C)c(C)cc3CCN2C[C@H]1CC(C)C. The summed E-state index contributed by atoms with van der Waals surface area (Å²) in [5, 5.41) is 0. The molecule has 6 rings (SSSR count). The number of piperidine rings is 2. The molecule has 6 atom stereocenters. The minimum atomic E-state index is 0.691. The molecule has 0 saturated carbocycles. The predicted molar refractivity (Wildman–Crippen MR) is 191 cm³/mol. The summed E-state index contributed by atoms with van der Waals surface area (Å²) in [5.41, 5.74) is 12.4. The third-order valence-corrected chi connectivity index (χ3v) is 12.4. The van der Waals surface area contributed by atoms with E-state index in [0.717, 1.165) is 35.5 Å². The van der Waals surface area contributed by atoms with Gasteiger partial charge in [0.25, 0.3) is 0 Å². The summed E-state index contributed by atoms with van der Waals surface area (Å²) in [6.45, 7) is 28.6. The van der Waals surface area contributed by atoms with Crippen molar-refractivity contribution in [2.75, 3.05) is 26.2 Å². The second kappa shape index (κ2) is 14.4. The summed E-state index contributed by atoms with van der Waals surface area (Å²) < 4.78 is 0. The molecule has 4 heterocycles. The van der Waals surface area contributed by atoms with Crippen molar-refractivity contribution in [2.45, 2.75) is 133 Å². The van der Waals surface area contributed by atoms with E-state index >= 15 is 0 Å². The van der Waals surface area contributed by atoms with Crippen molar-refractivity contribution in [1.82, 2.24) is 9.80 Å².